The predicted octanol–water partition coefficient (Wildman–Crippen LogP) is 7.39. The molecule has 0 aromatic heterocycles. The van der Waals surface area contributed by atoms with Gasteiger partial charge in [0.25, 0.3) is 0 Å². The van der Waals surface area contributed by atoms with Gasteiger partial charge in [-0.3, -0.25) is 0 Å². The number of benzene rings is 1. The van der Waals surface area contributed by atoms with Gasteiger partial charge in [0, 0.05) is 6.08 Å². The van der Waals surface area contributed by atoms with Crippen LogP contribution in [0.4, 0.5) is 0 Å². The minimum Gasteiger partial charge on any atom is -0.490 e. The predicted molar refractivity (Wildman–Crippen MR) is 110 cm³/mol. The number of ether oxygens (including phenoxy) is 1. The molecule has 1 aromatic carbocycles. The van der Waals surface area contributed by atoms with Gasteiger partial charge in [-0.15, -0.1) is 0 Å². The zero-order valence-electron chi connectivity index (χ0n) is 15.6. The smallest absolute Gasteiger partial charge is 0.328 e. The van der Waals surface area contributed by atoms with Crippen molar-refractivity contribution in [2.24, 2.45) is 0 Å². The Morgan fingerprint density at radius 1 is 0.962 bits per heavy atom. The fourth-order valence-electron chi connectivity index (χ4n) is 2.74. The van der Waals surface area contributed by atoms with Gasteiger partial charge in [0.05, 0.1) is 16.7 Å². The van der Waals surface area contributed by atoms with Crippen LogP contribution in [0.2, 0.25) is 10.0 Å². The highest BCUT2D eigenvalue weighted by atomic mass is 35.5. The van der Waals surface area contributed by atoms with Gasteiger partial charge in [-0.05, 0) is 30.2 Å². The molecule has 0 bridgehead atoms. The fraction of sp³-hybridized carbons (Fsp3) is 0.571. The van der Waals surface area contributed by atoms with Crippen molar-refractivity contribution in [3.05, 3.63) is 33.8 Å². The van der Waals surface area contributed by atoms with Gasteiger partial charge in [0.15, 0.2) is 5.75 Å². The average Bonchev–Trinajstić information content (AvgIpc) is 2.59. The second-order valence-corrected chi connectivity index (χ2v) is 7.33. The fourth-order valence-corrected chi connectivity index (χ4v) is 3.36. The molecule has 1 rings (SSSR count). The lowest BCUT2D eigenvalue weighted by Gasteiger charge is -2.11. The minimum atomic E-state index is -1.02. The molecule has 1 aromatic rings. The van der Waals surface area contributed by atoms with Crippen LogP contribution in [0.5, 0.6) is 5.75 Å². The van der Waals surface area contributed by atoms with E-state index in [0.717, 1.165) is 18.9 Å². The van der Waals surface area contributed by atoms with Crippen LogP contribution < -0.4 is 4.74 Å². The molecule has 146 valence electrons. The molecule has 0 heterocycles. The second-order valence-electron chi connectivity index (χ2n) is 6.52. The second kappa shape index (κ2) is 13.9. The molecule has 0 amide bonds. The van der Waals surface area contributed by atoms with Crippen LogP contribution >= 0.6 is 23.2 Å². The highest BCUT2D eigenvalue weighted by Gasteiger charge is 2.09. The highest BCUT2D eigenvalue weighted by Crippen LogP contribution is 2.34. The van der Waals surface area contributed by atoms with Gasteiger partial charge in [-0.1, -0.05) is 87.9 Å². The molecule has 26 heavy (non-hydrogen) atoms. The number of hydrogen-bond donors (Lipinski definition) is 1. The molecule has 0 aliphatic rings. The van der Waals surface area contributed by atoms with Crippen molar-refractivity contribution in [3.8, 4) is 5.75 Å². The number of rotatable bonds is 14. The van der Waals surface area contributed by atoms with Gasteiger partial charge >= 0.3 is 5.97 Å². The van der Waals surface area contributed by atoms with E-state index in [1.165, 1.54) is 57.4 Å². The SMILES string of the molecule is CCCCCCCCCCCCOc1c(Cl)cc(C=CC(=O)O)cc1Cl. The Hall–Kier alpha value is -1.19. The first-order valence-electron chi connectivity index (χ1n) is 9.57. The Morgan fingerprint density at radius 2 is 1.46 bits per heavy atom. The Morgan fingerprint density at radius 3 is 1.96 bits per heavy atom. The molecular formula is C21H30Cl2O3. The molecule has 5 heteroatoms. The van der Waals surface area contributed by atoms with E-state index < -0.39 is 5.97 Å². The summed E-state index contributed by atoms with van der Waals surface area (Å²) in [4.78, 5) is 10.6. The molecular weight excluding hydrogens is 371 g/mol. The van der Waals surface area contributed by atoms with Gasteiger partial charge in [-0.25, -0.2) is 4.79 Å². The summed E-state index contributed by atoms with van der Waals surface area (Å²) in [7, 11) is 0. The molecule has 0 saturated heterocycles. The molecule has 0 unspecified atom stereocenters. The van der Waals surface area contributed by atoms with Gasteiger partial charge in [0.2, 0.25) is 0 Å². The summed E-state index contributed by atoms with van der Waals surface area (Å²) in [5, 5.41) is 9.46. The van der Waals surface area contributed by atoms with Gasteiger partial charge in [0.1, 0.15) is 0 Å². The van der Waals surface area contributed by atoms with Crippen molar-refractivity contribution in [1.29, 1.82) is 0 Å². The van der Waals surface area contributed by atoms with Crippen LogP contribution in [0.1, 0.15) is 76.7 Å². The highest BCUT2D eigenvalue weighted by molar-refractivity contribution is 6.37. The number of carboxylic acids is 1. The summed E-state index contributed by atoms with van der Waals surface area (Å²) >= 11 is 12.4. The summed E-state index contributed by atoms with van der Waals surface area (Å²) in [5.74, 6) is -0.546. The lowest BCUT2D eigenvalue weighted by molar-refractivity contribution is -0.131. The average molecular weight is 401 g/mol. The third-order valence-corrected chi connectivity index (χ3v) is 4.74. The van der Waals surface area contributed by atoms with E-state index in [9.17, 15) is 4.79 Å². The number of hydrogen-bond acceptors (Lipinski definition) is 2. The Balaban J connectivity index is 2.22. The van der Waals surface area contributed by atoms with Crippen LogP contribution in [0.15, 0.2) is 18.2 Å². The normalized spacial score (nSPS) is 11.2. The molecule has 1 N–H and O–H groups in total. The van der Waals surface area contributed by atoms with Crippen molar-refractivity contribution < 1.29 is 14.6 Å². The summed E-state index contributed by atoms with van der Waals surface area (Å²) in [6.45, 7) is 2.83. The summed E-state index contributed by atoms with van der Waals surface area (Å²) in [5.41, 5.74) is 0.633. The summed E-state index contributed by atoms with van der Waals surface area (Å²) < 4.78 is 5.72. The summed E-state index contributed by atoms with van der Waals surface area (Å²) in [6.07, 6.45) is 15.2. The maximum Gasteiger partial charge on any atom is 0.328 e. The standard InChI is InChI=1S/C21H30Cl2O3/c1-2-3-4-5-6-7-8-9-10-11-14-26-21-18(22)15-17(16-19(21)23)12-13-20(24)25/h12-13,15-16H,2-11,14H2,1H3,(H,24,25). The van der Waals surface area contributed by atoms with E-state index in [4.69, 9.17) is 33.0 Å². The van der Waals surface area contributed by atoms with E-state index in [0.29, 0.717) is 28.0 Å². The molecule has 0 fully saturated rings. The lowest BCUT2D eigenvalue weighted by Crippen LogP contribution is -1.99. The monoisotopic (exact) mass is 400 g/mol. The zero-order chi connectivity index (χ0) is 19.2. The maximum absolute atomic E-state index is 10.6. The molecule has 0 saturated carbocycles. The number of aliphatic carboxylic acids is 1. The molecule has 0 radical (unpaired) electrons. The first-order valence-corrected chi connectivity index (χ1v) is 10.3. The van der Waals surface area contributed by atoms with Crippen LogP contribution in [-0.4, -0.2) is 17.7 Å². The van der Waals surface area contributed by atoms with Crippen molar-refractivity contribution in [2.45, 2.75) is 71.1 Å². The van der Waals surface area contributed by atoms with E-state index in [1.807, 2.05) is 0 Å². The third kappa shape index (κ3) is 10.1. The lowest BCUT2D eigenvalue weighted by atomic mass is 10.1. The quantitative estimate of drug-likeness (QED) is 0.261. The van der Waals surface area contributed by atoms with Crippen LogP contribution in [0, 0.1) is 0 Å². The first-order chi connectivity index (χ1) is 12.5. The van der Waals surface area contributed by atoms with E-state index >= 15 is 0 Å². The van der Waals surface area contributed by atoms with Gasteiger partial charge in [-0.2, -0.15) is 0 Å². The van der Waals surface area contributed by atoms with Gasteiger partial charge < -0.3 is 9.84 Å². The molecule has 0 atom stereocenters. The Kier molecular flexibility index (Phi) is 12.3. The molecule has 0 aliphatic heterocycles. The number of halogens is 2. The van der Waals surface area contributed by atoms with Crippen molar-refractivity contribution in [2.75, 3.05) is 6.61 Å². The topological polar surface area (TPSA) is 46.5 Å². The third-order valence-electron chi connectivity index (χ3n) is 4.18. The molecule has 0 spiro atoms. The molecule has 3 nitrogen and oxygen atoms in total. The maximum atomic E-state index is 10.6. The van der Waals surface area contributed by atoms with Crippen LogP contribution in [0.25, 0.3) is 6.08 Å². The number of unbranched alkanes of at least 4 members (excludes halogenated alkanes) is 9. The number of carbonyl (C=O) groups is 1. The largest absolute Gasteiger partial charge is 0.490 e. The minimum absolute atomic E-state index is 0.398. The Bertz CT molecular complexity index is 547. The number of carboxylic acid groups (broad SMARTS) is 1. The van der Waals surface area contributed by atoms with Crippen LogP contribution in [-0.2, 0) is 4.79 Å². The Labute approximate surface area is 167 Å². The molecule has 0 aliphatic carbocycles. The van der Waals surface area contributed by atoms with Crippen molar-refractivity contribution >= 4 is 35.2 Å². The van der Waals surface area contributed by atoms with E-state index in [-0.39, 0.29) is 0 Å². The van der Waals surface area contributed by atoms with E-state index in [1.54, 1.807) is 12.1 Å². The van der Waals surface area contributed by atoms with E-state index in [2.05, 4.69) is 6.92 Å². The summed E-state index contributed by atoms with van der Waals surface area (Å²) in [6, 6.07) is 3.31. The zero-order valence-corrected chi connectivity index (χ0v) is 17.1. The van der Waals surface area contributed by atoms with Crippen molar-refractivity contribution in [1.82, 2.24) is 0 Å². The van der Waals surface area contributed by atoms with Crippen molar-refractivity contribution in [3.63, 3.8) is 0 Å². The van der Waals surface area contributed by atoms with Crippen LogP contribution in [0.3, 0.4) is 0 Å². The first kappa shape index (κ1) is 22.9.